The molecule has 7 rings (SSSR count). The van der Waals surface area contributed by atoms with E-state index in [2.05, 4.69) is 31.3 Å². The number of anilines is 2. The number of hydrazone groups is 1. The monoisotopic (exact) mass is 1600 g/mol. The number of carbonyl (C=O) groups excluding carboxylic acids is 6. The van der Waals surface area contributed by atoms with Gasteiger partial charge < -0.3 is 96.2 Å². The molecule has 1 saturated heterocycles. The number of phenols is 3. The first-order valence-electron chi connectivity index (χ1n) is 28.6. The van der Waals surface area contributed by atoms with Crippen LogP contribution < -0.4 is 26.0 Å². The Bertz CT molecular complexity index is 3240. The summed E-state index contributed by atoms with van der Waals surface area (Å²) in [7, 11) is 3.42. The van der Waals surface area contributed by atoms with Gasteiger partial charge in [0.1, 0.15) is 29.5 Å². The molecule has 0 spiro atoms. The third-order valence-corrected chi connectivity index (χ3v) is 19.1. The zero-order chi connectivity index (χ0) is 67.5. The summed E-state index contributed by atoms with van der Waals surface area (Å²) < 4.78 is 24.3. The fourth-order valence-corrected chi connectivity index (χ4v) is 14.6. The van der Waals surface area contributed by atoms with Crippen molar-refractivity contribution < 1.29 is 98.8 Å². The number of phenolic OH excluding ortho intramolecular Hbond substituents is 3. The van der Waals surface area contributed by atoms with E-state index in [9.17, 15) is 79.8 Å². The van der Waals surface area contributed by atoms with E-state index >= 15 is 0 Å². The van der Waals surface area contributed by atoms with E-state index in [0.717, 1.165) is 13.1 Å². The lowest BCUT2D eigenvalue weighted by atomic mass is 9.78. The van der Waals surface area contributed by atoms with E-state index in [1.165, 1.54) is 66.4 Å². The minimum atomic E-state index is -2.04. The number of hydrogen-bond acceptors (Lipinski definition) is 23. The molecule has 1 fully saturated rings. The van der Waals surface area contributed by atoms with Crippen molar-refractivity contribution in [3.05, 3.63) is 74.7 Å². The number of esters is 1. The van der Waals surface area contributed by atoms with Gasteiger partial charge in [-0.3, -0.25) is 33.8 Å². The van der Waals surface area contributed by atoms with Gasteiger partial charge >= 0.3 is 11.8 Å². The molecule has 4 heterocycles. The number of aliphatic hydroxyl groups excluding tert-OH is 7. The van der Waals surface area contributed by atoms with Crippen LogP contribution >= 0.6 is 67.8 Å². The summed E-state index contributed by atoms with van der Waals surface area (Å²) in [6.07, 6.45) is 3.50. The predicted molar refractivity (Wildman–Crippen MR) is 356 cm³/mol. The van der Waals surface area contributed by atoms with Crippen LogP contribution in [0.3, 0.4) is 0 Å². The fourth-order valence-electron chi connectivity index (χ4n) is 10.1. The SMILES string of the molecule is CO[C@H]1/C=C/O[C@@]2(C)Oc3c(C)c(O)c4c(O)c(c(/C=N\N5CCN(C)CC5)c(O)c4c3C2=O)NC(=O)/C(C)=C\C=C\[C@H](C)[C@H](O)[C@@H](C)[C@@H](O)[C@@H](C)[C@H](OC(C)=O)[C@@H]1C.C[C@H](O)C(=O)Nc1c(I)c(C(=O)NC(CO)CO)c(I)c(C(=O)NC(CO)CO)c1I. The van der Waals surface area contributed by atoms with Gasteiger partial charge in [0.2, 0.25) is 0 Å². The standard InChI is InChI=1S/C43H58N4O12.C17H22I3N3O8/c1-21-12-11-13-22(2)42(55)45-33-28(20-44-47-17-15-46(9)16-18-47)37(52)30-31(38(33)53)36(51)26(6)40-32(30)41(54)43(8,59-40)57-19-14-29(56-10)23(3)39(58-27(7)48)25(5)35(50)24(4)34(21)49;1-6(28)15(29)23-14-12(19)9(16(30)21-7(2-24)3-25)11(18)10(13(14)20)17(31)22-8(4-26)5-27/h11-14,19-21,23-25,29,34-35,39,49-53H,15-18H2,1-10H3,(H,45,55);6-8,24-28H,2-5H2,1H3,(H,21,30)(H,22,31)(H,23,29)/b12-11+,19-14+,22-13-,44-20-;/t21-,23+,24+,25+,29-,34-,35+,39+,43-;6-/m00/s1. The van der Waals surface area contributed by atoms with Gasteiger partial charge in [0.05, 0.1) is 115 Å². The summed E-state index contributed by atoms with van der Waals surface area (Å²) in [5.41, 5.74) is -0.234. The normalized spacial score (nSPS) is 25.2. The lowest BCUT2D eigenvalue weighted by molar-refractivity contribution is -0.160. The predicted octanol–water partition coefficient (Wildman–Crippen LogP) is 3.32. The van der Waals surface area contributed by atoms with Gasteiger partial charge in [0.15, 0.2) is 5.75 Å². The first-order chi connectivity index (χ1) is 42.3. The fraction of sp³-hybridized carbons (Fsp3) is 0.517. The number of aliphatic hydroxyl groups is 7. The molecule has 0 saturated carbocycles. The van der Waals surface area contributed by atoms with Crippen molar-refractivity contribution in [2.75, 3.05) is 77.4 Å². The number of fused-ring (bicyclic) bond motifs is 14. The minimum absolute atomic E-state index is 0.00380. The topological polar surface area (TPSA) is 409 Å². The Morgan fingerprint density at radius 2 is 1.38 bits per heavy atom. The Balaban J connectivity index is 0.000000401. The van der Waals surface area contributed by atoms with Crippen LogP contribution in [-0.2, 0) is 28.6 Å². The maximum Gasteiger partial charge on any atom is 0.312 e. The Morgan fingerprint density at radius 1 is 0.822 bits per heavy atom. The second-order valence-electron chi connectivity index (χ2n) is 22.4. The minimum Gasteiger partial charge on any atom is -0.507 e. The third-order valence-electron chi connectivity index (χ3n) is 15.8. The van der Waals surface area contributed by atoms with Gasteiger partial charge in [-0.2, -0.15) is 5.10 Å². The van der Waals surface area contributed by atoms with Gasteiger partial charge in [-0.15, -0.1) is 0 Å². The molecule has 30 heteroatoms. The molecule has 4 aliphatic rings. The molecular weight excluding hydrogens is 1520 g/mol. The second-order valence-corrected chi connectivity index (χ2v) is 25.7. The quantitative estimate of drug-likeness (QED) is 0.0362. The highest BCUT2D eigenvalue weighted by molar-refractivity contribution is 14.1. The molecule has 3 aromatic rings. The summed E-state index contributed by atoms with van der Waals surface area (Å²) in [6.45, 7) is 14.3. The number of rotatable bonds is 14. The van der Waals surface area contributed by atoms with Crippen molar-refractivity contribution in [1.29, 1.82) is 0 Å². The maximum absolute atomic E-state index is 14.4. The van der Waals surface area contributed by atoms with Crippen LogP contribution in [0.2, 0.25) is 0 Å². The van der Waals surface area contributed by atoms with Crippen LogP contribution in [0.1, 0.15) is 97.6 Å². The smallest absolute Gasteiger partial charge is 0.312 e. The van der Waals surface area contributed by atoms with E-state index in [0.29, 0.717) is 13.1 Å². The van der Waals surface area contributed by atoms with Crippen LogP contribution in [0, 0.1) is 41.3 Å². The molecule has 496 valence electrons. The highest BCUT2D eigenvalue weighted by Crippen LogP contribution is 2.55. The van der Waals surface area contributed by atoms with Crippen molar-refractivity contribution in [3.63, 3.8) is 0 Å². The summed E-state index contributed by atoms with van der Waals surface area (Å²) in [5.74, 6) is -10.5. The van der Waals surface area contributed by atoms with Crippen molar-refractivity contribution in [2.24, 2.45) is 28.8 Å². The number of likely N-dealkylation sites (N-methyl/N-ethyl adjacent to an activating group) is 1. The molecule has 10 atom stereocenters. The number of ether oxygens (including phenoxy) is 4. The Morgan fingerprint density at radius 3 is 1.89 bits per heavy atom. The van der Waals surface area contributed by atoms with Crippen LogP contribution in [0.4, 0.5) is 11.4 Å². The summed E-state index contributed by atoms with van der Waals surface area (Å²) in [6, 6.07) is -1.89. The van der Waals surface area contributed by atoms with E-state index in [1.807, 2.05) is 52.2 Å². The van der Waals surface area contributed by atoms with Crippen molar-refractivity contribution in [1.82, 2.24) is 20.5 Å². The van der Waals surface area contributed by atoms with Gasteiger partial charge in [0.25, 0.3) is 29.4 Å². The number of carbonyl (C=O) groups is 6. The molecule has 0 aromatic heterocycles. The van der Waals surface area contributed by atoms with E-state index in [1.54, 1.807) is 67.4 Å². The summed E-state index contributed by atoms with van der Waals surface area (Å²) in [5, 5.41) is 121. The lowest BCUT2D eigenvalue weighted by Crippen LogP contribution is -2.46. The largest absolute Gasteiger partial charge is 0.507 e. The molecular formula is C60H80I3N7O20. The number of ketones is 1. The number of benzene rings is 3. The number of nitrogens with zero attached hydrogens (tertiary/aromatic N) is 3. The number of nitrogens with one attached hydrogen (secondary N) is 4. The molecule has 14 N–H and O–H groups in total. The Kier molecular flexibility index (Phi) is 27.4. The zero-order valence-corrected chi connectivity index (χ0v) is 58.0. The number of methoxy groups -OCH3 is 1. The maximum atomic E-state index is 14.4. The van der Waals surface area contributed by atoms with Gasteiger partial charge in [-0.1, -0.05) is 45.9 Å². The molecule has 0 aliphatic carbocycles. The molecule has 90 heavy (non-hydrogen) atoms. The number of allylic oxidation sites excluding steroid dienone is 2. The number of Topliss-reactive ketones (excluding diaryl/α,β-unsaturated/α-hetero) is 1. The highest BCUT2D eigenvalue weighted by atomic mass is 127. The average Bonchev–Trinajstić information content (AvgIpc) is 1.45. The number of hydrogen-bond donors (Lipinski definition) is 14. The first kappa shape index (κ1) is 75.2. The number of amides is 4. The van der Waals surface area contributed by atoms with Crippen molar-refractivity contribution in [2.45, 2.75) is 111 Å². The van der Waals surface area contributed by atoms with Crippen LogP contribution in [0.15, 0.2) is 41.2 Å². The van der Waals surface area contributed by atoms with E-state index < -0.39 is 151 Å². The molecule has 27 nitrogen and oxygen atoms in total. The molecule has 0 unspecified atom stereocenters. The highest BCUT2D eigenvalue weighted by Gasteiger charge is 2.50. The van der Waals surface area contributed by atoms with E-state index in [-0.39, 0.29) is 72.0 Å². The van der Waals surface area contributed by atoms with Crippen LogP contribution in [0.25, 0.3) is 10.8 Å². The molecule has 3 aromatic carbocycles. The van der Waals surface area contributed by atoms with Crippen molar-refractivity contribution in [3.8, 4) is 23.0 Å². The van der Waals surface area contributed by atoms with Gasteiger partial charge in [-0.25, -0.2) is 0 Å². The molecule has 4 amide bonds. The van der Waals surface area contributed by atoms with Crippen LogP contribution in [-0.4, -0.2) is 218 Å². The average molecular weight is 1600 g/mol. The number of halogens is 3. The molecule has 0 radical (unpaired) electrons. The third kappa shape index (κ3) is 17.0. The van der Waals surface area contributed by atoms with E-state index in [4.69, 9.17) is 18.9 Å². The summed E-state index contributed by atoms with van der Waals surface area (Å²) in [4.78, 5) is 80.5. The lowest BCUT2D eigenvalue weighted by Gasteiger charge is -2.38. The zero-order valence-electron chi connectivity index (χ0n) is 51.5. The molecule has 5 bridgehead atoms. The van der Waals surface area contributed by atoms with Gasteiger partial charge in [-0.05, 0) is 102 Å². The first-order valence-corrected chi connectivity index (χ1v) is 31.8. The number of aromatic hydroxyl groups is 3. The van der Waals surface area contributed by atoms with Gasteiger partial charge in [0, 0.05) is 90.9 Å². The Hall–Kier alpha value is -5.54. The number of piperazine rings is 1. The Labute approximate surface area is 561 Å². The van der Waals surface area contributed by atoms with Crippen molar-refractivity contribution >= 4 is 132 Å². The summed E-state index contributed by atoms with van der Waals surface area (Å²) >= 11 is 5.41. The molecule has 4 aliphatic heterocycles. The second kappa shape index (κ2) is 32.8. The van der Waals surface area contributed by atoms with Crippen LogP contribution in [0.5, 0.6) is 23.0 Å².